The Morgan fingerprint density at radius 2 is 1.70 bits per heavy atom. The molecule has 2 atom stereocenters. The van der Waals surface area contributed by atoms with Crippen LogP contribution in [-0.2, 0) is 0 Å². The molecule has 2 aliphatic rings. The number of guanidine groups is 1. The third kappa shape index (κ3) is 6.70. The number of likely N-dealkylation sites (tertiary alicyclic amines) is 1. The molecule has 0 aromatic heterocycles. The number of hydrogen-bond donors (Lipinski definition) is 2. The molecule has 1 aromatic carbocycles. The molecule has 0 aliphatic carbocycles. The van der Waals surface area contributed by atoms with E-state index in [0.29, 0.717) is 25.5 Å². The summed E-state index contributed by atoms with van der Waals surface area (Å²) in [7, 11) is 1.70. The first-order valence-electron chi connectivity index (χ1n) is 9.02. The summed E-state index contributed by atoms with van der Waals surface area (Å²) in [6, 6.07) is 10.5. The van der Waals surface area contributed by atoms with E-state index in [1.165, 1.54) is 10.6 Å². The van der Waals surface area contributed by atoms with E-state index in [9.17, 15) is 13.2 Å². The fourth-order valence-corrected chi connectivity index (χ4v) is 3.66. The molecule has 5 nitrogen and oxygen atoms in total. The van der Waals surface area contributed by atoms with Gasteiger partial charge in [-0.15, -0.1) is 24.0 Å². The van der Waals surface area contributed by atoms with Crippen LogP contribution in [0.3, 0.4) is 0 Å². The number of benzene rings is 1. The van der Waals surface area contributed by atoms with Gasteiger partial charge in [-0.2, -0.15) is 13.2 Å². The van der Waals surface area contributed by atoms with Crippen LogP contribution >= 0.6 is 24.0 Å². The second-order valence-corrected chi connectivity index (χ2v) is 6.96. The molecule has 0 bridgehead atoms. The van der Waals surface area contributed by atoms with Gasteiger partial charge in [0.15, 0.2) is 5.96 Å². The largest absolute Gasteiger partial charge is 0.401 e. The van der Waals surface area contributed by atoms with Crippen LogP contribution in [0.1, 0.15) is 12.8 Å². The number of nitrogens with zero attached hydrogens (tertiary/aromatic N) is 3. The molecule has 2 N–H and O–H groups in total. The van der Waals surface area contributed by atoms with Gasteiger partial charge in [0, 0.05) is 51.0 Å². The maximum atomic E-state index is 12.5. The molecule has 2 saturated heterocycles. The van der Waals surface area contributed by atoms with Crippen molar-refractivity contribution in [3.05, 3.63) is 30.3 Å². The van der Waals surface area contributed by atoms with Crippen LogP contribution in [0, 0.1) is 0 Å². The molecule has 0 spiro atoms. The van der Waals surface area contributed by atoms with Gasteiger partial charge in [-0.05, 0) is 25.0 Å². The fraction of sp³-hybridized carbons (Fsp3) is 0.611. The summed E-state index contributed by atoms with van der Waals surface area (Å²) >= 11 is 0. The average Bonchev–Trinajstić information content (AvgIpc) is 3.23. The third-order valence-electron chi connectivity index (χ3n) is 4.89. The smallest absolute Gasteiger partial charge is 0.369 e. The van der Waals surface area contributed by atoms with Gasteiger partial charge in [-0.3, -0.25) is 9.89 Å². The van der Waals surface area contributed by atoms with Gasteiger partial charge < -0.3 is 15.5 Å². The van der Waals surface area contributed by atoms with Crippen LogP contribution in [0.2, 0.25) is 0 Å². The number of aliphatic imine (C=N–C) groups is 1. The van der Waals surface area contributed by atoms with E-state index >= 15 is 0 Å². The Kier molecular flexibility index (Phi) is 8.02. The molecule has 152 valence electrons. The number of nitrogens with one attached hydrogen (secondary N) is 2. The molecular weight excluding hydrogens is 470 g/mol. The van der Waals surface area contributed by atoms with Gasteiger partial charge in [0.2, 0.25) is 0 Å². The highest BCUT2D eigenvalue weighted by Crippen LogP contribution is 2.21. The zero-order chi connectivity index (χ0) is 18.6. The van der Waals surface area contributed by atoms with Crippen LogP contribution < -0.4 is 15.5 Å². The summed E-state index contributed by atoms with van der Waals surface area (Å²) in [5.41, 5.74) is 1.21. The zero-order valence-electron chi connectivity index (χ0n) is 15.4. The van der Waals surface area contributed by atoms with Crippen molar-refractivity contribution in [3.63, 3.8) is 0 Å². The number of para-hydroxylation sites is 1. The molecule has 2 unspecified atom stereocenters. The minimum absolute atomic E-state index is 0. The molecule has 2 aliphatic heterocycles. The van der Waals surface area contributed by atoms with Crippen LogP contribution in [0.5, 0.6) is 0 Å². The number of halogens is 4. The second kappa shape index (κ2) is 9.81. The first-order valence-corrected chi connectivity index (χ1v) is 9.02. The van der Waals surface area contributed by atoms with Gasteiger partial charge in [-0.1, -0.05) is 18.2 Å². The Hall–Kier alpha value is -1.23. The second-order valence-electron chi connectivity index (χ2n) is 6.96. The number of hydrogen-bond acceptors (Lipinski definition) is 3. The van der Waals surface area contributed by atoms with E-state index < -0.39 is 12.7 Å². The Balaban J connectivity index is 0.00000261. The van der Waals surface area contributed by atoms with E-state index in [4.69, 9.17) is 0 Å². The molecule has 27 heavy (non-hydrogen) atoms. The number of alkyl halides is 3. The normalized spacial score (nSPS) is 24.0. The monoisotopic (exact) mass is 497 g/mol. The summed E-state index contributed by atoms with van der Waals surface area (Å²) in [5.74, 6) is 0.670. The zero-order valence-corrected chi connectivity index (χ0v) is 17.7. The van der Waals surface area contributed by atoms with Gasteiger partial charge >= 0.3 is 6.18 Å². The fourth-order valence-electron chi connectivity index (χ4n) is 3.66. The van der Waals surface area contributed by atoms with E-state index in [1.54, 1.807) is 7.05 Å². The van der Waals surface area contributed by atoms with E-state index in [0.717, 1.165) is 19.5 Å². The molecule has 0 amide bonds. The Bertz CT molecular complexity index is 611. The van der Waals surface area contributed by atoms with E-state index in [1.807, 2.05) is 18.2 Å². The van der Waals surface area contributed by atoms with Crippen molar-refractivity contribution in [1.82, 2.24) is 15.5 Å². The Morgan fingerprint density at radius 1 is 1.07 bits per heavy atom. The van der Waals surface area contributed by atoms with Gasteiger partial charge in [0.05, 0.1) is 6.54 Å². The topological polar surface area (TPSA) is 42.9 Å². The summed E-state index contributed by atoms with van der Waals surface area (Å²) in [6.07, 6.45) is -2.45. The minimum atomic E-state index is -4.14. The van der Waals surface area contributed by atoms with Crippen molar-refractivity contribution in [2.45, 2.75) is 31.1 Å². The first-order chi connectivity index (χ1) is 12.4. The summed E-state index contributed by atoms with van der Waals surface area (Å²) < 4.78 is 37.5. The lowest BCUT2D eigenvalue weighted by Crippen LogP contribution is -2.49. The van der Waals surface area contributed by atoms with Crippen LogP contribution in [0.4, 0.5) is 18.9 Å². The standard InChI is InChI=1S/C18H26F3N5.HI/c1-22-17(23-14-7-9-25(11-14)13-18(19,20)21)24-15-8-10-26(12-15)16-5-3-2-4-6-16;/h2-6,14-15H,7-13H2,1H3,(H2,22,23,24);1H. The van der Waals surface area contributed by atoms with E-state index in [-0.39, 0.29) is 36.1 Å². The first kappa shape index (κ1) is 22.1. The summed E-state index contributed by atoms with van der Waals surface area (Å²) in [5, 5.41) is 6.69. The van der Waals surface area contributed by atoms with Gasteiger partial charge in [0.25, 0.3) is 0 Å². The molecule has 0 radical (unpaired) electrons. The van der Waals surface area contributed by atoms with Crippen LogP contribution in [0.15, 0.2) is 35.3 Å². The van der Waals surface area contributed by atoms with Crippen molar-refractivity contribution in [1.29, 1.82) is 0 Å². The highest BCUT2D eigenvalue weighted by molar-refractivity contribution is 14.0. The predicted molar refractivity (Wildman–Crippen MR) is 113 cm³/mol. The molecule has 2 heterocycles. The number of rotatable bonds is 4. The summed E-state index contributed by atoms with van der Waals surface area (Å²) in [6.45, 7) is 1.86. The van der Waals surface area contributed by atoms with Crippen LogP contribution in [-0.4, -0.2) is 68.9 Å². The quantitative estimate of drug-likeness (QED) is 0.382. The molecular formula is C18H27F3IN5. The molecule has 3 rings (SSSR count). The van der Waals surface area contributed by atoms with Crippen molar-refractivity contribution < 1.29 is 13.2 Å². The maximum absolute atomic E-state index is 12.5. The lowest BCUT2D eigenvalue weighted by Gasteiger charge is -2.22. The molecule has 9 heteroatoms. The molecule has 1 aromatic rings. The predicted octanol–water partition coefficient (Wildman–Crippen LogP) is 2.68. The van der Waals surface area contributed by atoms with Crippen molar-refractivity contribution in [2.75, 3.05) is 44.7 Å². The van der Waals surface area contributed by atoms with Crippen molar-refractivity contribution in [3.8, 4) is 0 Å². The highest BCUT2D eigenvalue weighted by Gasteiger charge is 2.34. The number of anilines is 1. The minimum Gasteiger partial charge on any atom is -0.369 e. The Labute approximate surface area is 175 Å². The van der Waals surface area contributed by atoms with Crippen LogP contribution in [0.25, 0.3) is 0 Å². The van der Waals surface area contributed by atoms with E-state index in [2.05, 4.69) is 32.7 Å². The summed E-state index contributed by atoms with van der Waals surface area (Å²) in [4.78, 5) is 8.01. The van der Waals surface area contributed by atoms with Crippen molar-refractivity contribution in [2.24, 2.45) is 4.99 Å². The van der Waals surface area contributed by atoms with Gasteiger partial charge in [-0.25, -0.2) is 0 Å². The average molecular weight is 497 g/mol. The highest BCUT2D eigenvalue weighted by atomic mass is 127. The van der Waals surface area contributed by atoms with Gasteiger partial charge in [0.1, 0.15) is 0 Å². The molecule has 0 saturated carbocycles. The third-order valence-corrected chi connectivity index (χ3v) is 4.89. The lowest BCUT2D eigenvalue weighted by atomic mass is 10.2. The maximum Gasteiger partial charge on any atom is 0.401 e. The van der Waals surface area contributed by atoms with Crippen molar-refractivity contribution >= 4 is 35.6 Å². The SMILES string of the molecule is CN=C(NC1CCN(CC(F)(F)F)C1)NC1CCN(c2ccccc2)C1.I. The Morgan fingerprint density at radius 3 is 2.33 bits per heavy atom. The molecule has 2 fully saturated rings. The lowest BCUT2D eigenvalue weighted by molar-refractivity contribution is -0.143.